The first-order chi connectivity index (χ1) is 4.12. The van der Waals surface area contributed by atoms with Gasteiger partial charge in [0.15, 0.2) is 0 Å². The zero-order valence-electron chi connectivity index (χ0n) is 5.79. The lowest BCUT2D eigenvalue weighted by Gasteiger charge is -2.14. The maximum absolute atomic E-state index is 9.80. The van der Waals surface area contributed by atoms with Crippen LogP contribution in [0.1, 0.15) is 13.8 Å². The SMILES string of the molecule is CC(C)(/C=C/C=O)CO. The van der Waals surface area contributed by atoms with Gasteiger partial charge in [-0.25, -0.2) is 0 Å². The van der Waals surface area contributed by atoms with Crippen LogP contribution in [0.25, 0.3) is 0 Å². The summed E-state index contributed by atoms with van der Waals surface area (Å²) >= 11 is 0. The lowest BCUT2D eigenvalue weighted by molar-refractivity contribution is -0.104. The van der Waals surface area contributed by atoms with Gasteiger partial charge in [-0.2, -0.15) is 0 Å². The van der Waals surface area contributed by atoms with Gasteiger partial charge in [0.25, 0.3) is 0 Å². The van der Waals surface area contributed by atoms with Crippen LogP contribution in [0.15, 0.2) is 12.2 Å². The summed E-state index contributed by atoms with van der Waals surface area (Å²) in [6, 6.07) is 0. The van der Waals surface area contributed by atoms with Crippen molar-refractivity contribution in [3.63, 3.8) is 0 Å². The molecule has 0 amide bonds. The molecule has 0 aliphatic rings. The molecule has 1 N–H and O–H groups in total. The zero-order valence-corrected chi connectivity index (χ0v) is 5.79. The number of rotatable bonds is 3. The highest BCUT2D eigenvalue weighted by Crippen LogP contribution is 2.14. The fourth-order valence-corrected chi connectivity index (χ4v) is 0.352. The molecule has 0 aromatic heterocycles. The second-order valence-corrected chi connectivity index (χ2v) is 2.64. The van der Waals surface area contributed by atoms with E-state index in [9.17, 15) is 4.79 Å². The highest BCUT2D eigenvalue weighted by molar-refractivity contribution is 5.64. The number of hydrogen-bond donors (Lipinski definition) is 1. The highest BCUT2D eigenvalue weighted by Gasteiger charge is 2.09. The van der Waals surface area contributed by atoms with E-state index in [0.29, 0.717) is 6.29 Å². The van der Waals surface area contributed by atoms with Crippen LogP contribution in [0.4, 0.5) is 0 Å². The van der Waals surface area contributed by atoms with Crippen molar-refractivity contribution in [1.82, 2.24) is 0 Å². The molecule has 0 aromatic rings. The number of allylic oxidation sites excluding steroid dienone is 1. The molecule has 0 unspecified atom stereocenters. The van der Waals surface area contributed by atoms with Gasteiger partial charge in [-0.05, 0) is 6.08 Å². The van der Waals surface area contributed by atoms with Crippen LogP contribution in [-0.4, -0.2) is 18.0 Å². The van der Waals surface area contributed by atoms with E-state index in [1.807, 2.05) is 13.8 Å². The third-order valence-electron chi connectivity index (χ3n) is 1.03. The molecule has 0 bridgehead atoms. The molecule has 0 spiro atoms. The van der Waals surface area contributed by atoms with Gasteiger partial charge < -0.3 is 5.11 Å². The molecule has 0 aliphatic carbocycles. The molecule has 0 aromatic carbocycles. The Kier molecular flexibility index (Phi) is 3.17. The molecule has 0 radical (unpaired) electrons. The van der Waals surface area contributed by atoms with Gasteiger partial charge in [0.05, 0.1) is 6.61 Å². The van der Waals surface area contributed by atoms with Crippen molar-refractivity contribution in [3.05, 3.63) is 12.2 Å². The minimum atomic E-state index is -0.263. The molecule has 2 nitrogen and oxygen atoms in total. The maximum atomic E-state index is 9.80. The Morgan fingerprint density at radius 3 is 2.44 bits per heavy atom. The third-order valence-corrected chi connectivity index (χ3v) is 1.03. The molecule has 0 atom stereocenters. The lowest BCUT2D eigenvalue weighted by atomic mass is 9.95. The van der Waals surface area contributed by atoms with Crippen molar-refractivity contribution in [2.24, 2.45) is 5.41 Å². The average Bonchev–Trinajstić information content (AvgIpc) is 1.84. The van der Waals surface area contributed by atoms with E-state index in [1.54, 1.807) is 6.08 Å². The van der Waals surface area contributed by atoms with Gasteiger partial charge >= 0.3 is 0 Å². The van der Waals surface area contributed by atoms with Gasteiger partial charge in [0.2, 0.25) is 0 Å². The van der Waals surface area contributed by atoms with Gasteiger partial charge in [-0.15, -0.1) is 0 Å². The van der Waals surface area contributed by atoms with E-state index in [-0.39, 0.29) is 12.0 Å². The topological polar surface area (TPSA) is 37.3 Å². The smallest absolute Gasteiger partial charge is 0.142 e. The number of hydrogen-bond acceptors (Lipinski definition) is 2. The Morgan fingerprint density at radius 2 is 2.11 bits per heavy atom. The summed E-state index contributed by atoms with van der Waals surface area (Å²) in [5.41, 5.74) is -0.263. The van der Waals surface area contributed by atoms with Gasteiger partial charge in [-0.1, -0.05) is 19.9 Å². The monoisotopic (exact) mass is 128 g/mol. The Labute approximate surface area is 55.2 Å². The largest absolute Gasteiger partial charge is 0.395 e. The van der Waals surface area contributed by atoms with E-state index in [2.05, 4.69) is 0 Å². The fourth-order valence-electron chi connectivity index (χ4n) is 0.352. The molecule has 0 rings (SSSR count). The molecule has 9 heavy (non-hydrogen) atoms. The molecule has 0 saturated carbocycles. The number of aliphatic hydroxyl groups is 1. The predicted octanol–water partition coefficient (Wildman–Crippen LogP) is 0.760. The summed E-state index contributed by atoms with van der Waals surface area (Å²) in [5, 5.41) is 8.65. The molecule has 0 heterocycles. The first-order valence-electron chi connectivity index (χ1n) is 2.86. The van der Waals surface area contributed by atoms with Crippen molar-refractivity contribution in [3.8, 4) is 0 Å². The number of aldehydes is 1. The van der Waals surface area contributed by atoms with Crippen LogP contribution in [0, 0.1) is 5.41 Å². The van der Waals surface area contributed by atoms with Crippen LogP contribution in [0.5, 0.6) is 0 Å². The molecule has 0 fully saturated rings. The Bertz CT molecular complexity index is 114. The molecule has 0 saturated heterocycles. The predicted molar refractivity (Wildman–Crippen MR) is 36.1 cm³/mol. The van der Waals surface area contributed by atoms with Crippen molar-refractivity contribution in [1.29, 1.82) is 0 Å². The summed E-state index contributed by atoms with van der Waals surface area (Å²) in [6.07, 6.45) is 3.79. The fraction of sp³-hybridized carbons (Fsp3) is 0.571. The second-order valence-electron chi connectivity index (χ2n) is 2.64. The standard InChI is InChI=1S/C7H12O2/c1-7(2,6-9)4-3-5-8/h3-5,9H,6H2,1-2H3/b4-3+. The molecular formula is C7H12O2. The Balaban J connectivity index is 3.84. The lowest BCUT2D eigenvalue weighted by Crippen LogP contribution is -2.12. The minimum absolute atomic E-state index is 0.0668. The average molecular weight is 128 g/mol. The maximum Gasteiger partial charge on any atom is 0.142 e. The van der Waals surface area contributed by atoms with Crippen molar-refractivity contribution < 1.29 is 9.90 Å². The number of carbonyl (C=O) groups is 1. The number of aliphatic hydroxyl groups excluding tert-OH is 1. The van der Waals surface area contributed by atoms with E-state index >= 15 is 0 Å². The molecular weight excluding hydrogens is 116 g/mol. The summed E-state index contributed by atoms with van der Waals surface area (Å²) < 4.78 is 0. The van der Waals surface area contributed by atoms with Crippen LogP contribution < -0.4 is 0 Å². The van der Waals surface area contributed by atoms with Crippen LogP contribution in [0.3, 0.4) is 0 Å². The quantitative estimate of drug-likeness (QED) is 0.450. The molecule has 2 heteroatoms. The highest BCUT2D eigenvalue weighted by atomic mass is 16.3. The first kappa shape index (κ1) is 8.37. The second kappa shape index (κ2) is 3.41. The summed E-state index contributed by atoms with van der Waals surface area (Å²) in [4.78, 5) is 9.80. The normalized spacial score (nSPS) is 12.3. The van der Waals surface area contributed by atoms with E-state index in [1.165, 1.54) is 6.08 Å². The van der Waals surface area contributed by atoms with E-state index < -0.39 is 0 Å². The van der Waals surface area contributed by atoms with Gasteiger partial charge in [0, 0.05) is 5.41 Å². The summed E-state index contributed by atoms with van der Waals surface area (Å²) in [7, 11) is 0. The summed E-state index contributed by atoms with van der Waals surface area (Å²) in [5.74, 6) is 0. The Hall–Kier alpha value is -0.630. The van der Waals surface area contributed by atoms with Crippen molar-refractivity contribution in [2.45, 2.75) is 13.8 Å². The van der Waals surface area contributed by atoms with Gasteiger partial charge in [-0.3, -0.25) is 4.79 Å². The molecule has 0 aliphatic heterocycles. The van der Waals surface area contributed by atoms with Crippen LogP contribution in [0.2, 0.25) is 0 Å². The third kappa shape index (κ3) is 3.91. The summed E-state index contributed by atoms with van der Waals surface area (Å²) in [6.45, 7) is 3.78. The van der Waals surface area contributed by atoms with E-state index in [4.69, 9.17) is 5.11 Å². The van der Waals surface area contributed by atoms with Crippen molar-refractivity contribution in [2.75, 3.05) is 6.61 Å². The molecule has 52 valence electrons. The first-order valence-corrected chi connectivity index (χ1v) is 2.86. The zero-order chi connectivity index (χ0) is 7.33. The van der Waals surface area contributed by atoms with Crippen LogP contribution in [-0.2, 0) is 4.79 Å². The Morgan fingerprint density at radius 1 is 1.56 bits per heavy atom. The van der Waals surface area contributed by atoms with Gasteiger partial charge in [0.1, 0.15) is 6.29 Å². The number of carbonyl (C=O) groups excluding carboxylic acids is 1. The minimum Gasteiger partial charge on any atom is -0.395 e. The van der Waals surface area contributed by atoms with Crippen LogP contribution >= 0.6 is 0 Å². The van der Waals surface area contributed by atoms with Crippen molar-refractivity contribution >= 4 is 6.29 Å². The van der Waals surface area contributed by atoms with E-state index in [0.717, 1.165) is 0 Å².